The van der Waals surface area contributed by atoms with Crippen molar-refractivity contribution in [2.75, 3.05) is 13.7 Å². The number of carbonyl (C=O) groups excluding carboxylic acids is 1. The number of hydrogen-bond acceptors (Lipinski definition) is 2. The highest BCUT2D eigenvalue weighted by Crippen LogP contribution is 2.07. The van der Waals surface area contributed by atoms with Gasteiger partial charge in [0.05, 0.1) is 13.0 Å². The fourth-order valence-corrected chi connectivity index (χ4v) is 0.903. The molecule has 0 radical (unpaired) electrons. The summed E-state index contributed by atoms with van der Waals surface area (Å²) >= 11 is 0. The van der Waals surface area contributed by atoms with Gasteiger partial charge in [0.2, 0.25) is 5.91 Å². The van der Waals surface area contributed by atoms with Gasteiger partial charge in [-0.2, -0.15) is 0 Å². The van der Waals surface area contributed by atoms with Crippen molar-refractivity contribution in [3.8, 4) is 5.75 Å². The molecule has 1 amide bonds. The molecule has 0 unspecified atom stereocenters. The number of nitrogens with one attached hydrogen (secondary N) is 1. The minimum absolute atomic E-state index is 0.00377. The van der Waals surface area contributed by atoms with Crippen LogP contribution in [0.5, 0.6) is 5.75 Å². The Labute approximate surface area is 77.7 Å². The Morgan fingerprint density at radius 3 is 2.69 bits per heavy atom. The van der Waals surface area contributed by atoms with Crippen molar-refractivity contribution in [2.24, 2.45) is 0 Å². The SMILES string of the molecule is CNC(=O)CCOc1ccccc1. The molecule has 0 aliphatic carbocycles. The molecule has 0 atom stereocenters. The zero-order chi connectivity index (χ0) is 9.52. The van der Waals surface area contributed by atoms with Gasteiger partial charge in [-0.1, -0.05) is 18.2 Å². The van der Waals surface area contributed by atoms with Gasteiger partial charge in [0, 0.05) is 7.05 Å². The molecule has 3 heteroatoms. The standard InChI is InChI=1S/C10H13NO2/c1-11-10(12)7-8-13-9-5-3-2-4-6-9/h2-6H,7-8H2,1H3,(H,11,12). The summed E-state index contributed by atoms with van der Waals surface area (Å²) < 4.78 is 5.32. The zero-order valence-corrected chi connectivity index (χ0v) is 7.62. The zero-order valence-electron chi connectivity index (χ0n) is 7.62. The first-order valence-corrected chi connectivity index (χ1v) is 4.21. The van der Waals surface area contributed by atoms with Crippen LogP contribution in [0.25, 0.3) is 0 Å². The van der Waals surface area contributed by atoms with Crippen LogP contribution in [0.15, 0.2) is 30.3 Å². The van der Waals surface area contributed by atoms with E-state index in [2.05, 4.69) is 5.32 Å². The van der Waals surface area contributed by atoms with E-state index in [1.54, 1.807) is 7.05 Å². The molecule has 0 bridgehead atoms. The minimum atomic E-state index is -0.00377. The van der Waals surface area contributed by atoms with Crippen LogP contribution in [0.3, 0.4) is 0 Å². The van der Waals surface area contributed by atoms with E-state index in [-0.39, 0.29) is 5.91 Å². The van der Waals surface area contributed by atoms with Crippen LogP contribution in [-0.4, -0.2) is 19.6 Å². The summed E-state index contributed by atoms with van der Waals surface area (Å²) in [7, 11) is 1.62. The summed E-state index contributed by atoms with van der Waals surface area (Å²) in [6.45, 7) is 0.420. The second-order valence-corrected chi connectivity index (χ2v) is 2.58. The number of hydrogen-bond donors (Lipinski definition) is 1. The first-order chi connectivity index (χ1) is 6.33. The first kappa shape index (κ1) is 9.58. The highest BCUT2D eigenvalue weighted by Gasteiger charge is 1.97. The van der Waals surface area contributed by atoms with Crippen molar-refractivity contribution in [3.63, 3.8) is 0 Å². The van der Waals surface area contributed by atoms with Crippen molar-refractivity contribution in [2.45, 2.75) is 6.42 Å². The van der Waals surface area contributed by atoms with Gasteiger partial charge in [0.1, 0.15) is 5.75 Å². The molecule has 0 saturated heterocycles. The fourth-order valence-electron chi connectivity index (χ4n) is 0.903. The lowest BCUT2D eigenvalue weighted by molar-refractivity contribution is -0.121. The average Bonchev–Trinajstić information content (AvgIpc) is 2.19. The Kier molecular flexibility index (Phi) is 3.82. The minimum Gasteiger partial charge on any atom is -0.493 e. The van der Waals surface area contributed by atoms with Crippen molar-refractivity contribution < 1.29 is 9.53 Å². The second kappa shape index (κ2) is 5.19. The summed E-state index contributed by atoms with van der Waals surface area (Å²) in [6.07, 6.45) is 0.394. The first-order valence-electron chi connectivity index (χ1n) is 4.21. The number of rotatable bonds is 4. The molecule has 0 aliphatic rings. The molecule has 1 aromatic rings. The van der Waals surface area contributed by atoms with Gasteiger partial charge in [0.25, 0.3) is 0 Å². The molecule has 13 heavy (non-hydrogen) atoms. The molecule has 0 saturated carbocycles. The monoisotopic (exact) mass is 179 g/mol. The highest BCUT2D eigenvalue weighted by atomic mass is 16.5. The predicted molar refractivity (Wildman–Crippen MR) is 50.6 cm³/mol. The Morgan fingerprint density at radius 1 is 1.38 bits per heavy atom. The molecule has 3 nitrogen and oxygen atoms in total. The van der Waals surface area contributed by atoms with E-state index < -0.39 is 0 Å². The van der Waals surface area contributed by atoms with Gasteiger partial charge in [0.15, 0.2) is 0 Å². The lowest BCUT2D eigenvalue weighted by Gasteiger charge is -2.04. The van der Waals surface area contributed by atoms with Crippen molar-refractivity contribution >= 4 is 5.91 Å². The molecule has 0 aromatic heterocycles. The Morgan fingerprint density at radius 2 is 2.08 bits per heavy atom. The molecule has 1 aromatic carbocycles. The smallest absolute Gasteiger partial charge is 0.223 e. The van der Waals surface area contributed by atoms with E-state index in [0.29, 0.717) is 13.0 Å². The van der Waals surface area contributed by atoms with Crippen LogP contribution in [0.4, 0.5) is 0 Å². The van der Waals surface area contributed by atoms with Gasteiger partial charge < -0.3 is 10.1 Å². The molecule has 70 valence electrons. The topological polar surface area (TPSA) is 38.3 Å². The largest absolute Gasteiger partial charge is 0.493 e. The maximum absolute atomic E-state index is 10.8. The Bertz CT molecular complexity index is 259. The molecular formula is C10H13NO2. The number of amides is 1. The normalized spacial score (nSPS) is 9.31. The number of ether oxygens (including phenoxy) is 1. The number of carbonyl (C=O) groups is 1. The van der Waals surface area contributed by atoms with Gasteiger partial charge in [-0.3, -0.25) is 4.79 Å². The molecule has 0 fully saturated rings. The quantitative estimate of drug-likeness (QED) is 0.754. The fraction of sp³-hybridized carbons (Fsp3) is 0.300. The van der Waals surface area contributed by atoms with E-state index in [0.717, 1.165) is 5.75 Å². The van der Waals surface area contributed by atoms with Crippen LogP contribution >= 0.6 is 0 Å². The van der Waals surface area contributed by atoms with Crippen molar-refractivity contribution in [1.82, 2.24) is 5.32 Å². The average molecular weight is 179 g/mol. The maximum atomic E-state index is 10.8. The van der Waals surface area contributed by atoms with Gasteiger partial charge in [-0.05, 0) is 12.1 Å². The molecular weight excluding hydrogens is 166 g/mol. The molecule has 0 heterocycles. The third kappa shape index (κ3) is 3.60. The van der Waals surface area contributed by atoms with Crippen molar-refractivity contribution in [3.05, 3.63) is 30.3 Å². The summed E-state index contributed by atoms with van der Waals surface area (Å²) in [5, 5.41) is 2.53. The van der Waals surface area contributed by atoms with Crippen LogP contribution in [-0.2, 0) is 4.79 Å². The summed E-state index contributed by atoms with van der Waals surface area (Å²) in [6, 6.07) is 9.45. The molecule has 1 rings (SSSR count). The predicted octanol–water partition coefficient (Wildman–Crippen LogP) is 1.20. The Hall–Kier alpha value is -1.51. The van der Waals surface area contributed by atoms with E-state index in [1.807, 2.05) is 30.3 Å². The molecule has 0 aliphatic heterocycles. The van der Waals surface area contributed by atoms with Crippen molar-refractivity contribution in [1.29, 1.82) is 0 Å². The van der Waals surface area contributed by atoms with Crippen LogP contribution in [0.1, 0.15) is 6.42 Å². The van der Waals surface area contributed by atoms with E-state index >= 15 is 0 Å². The molecule has 1 N–H and O–H groups in total. The third-order valence-electron chi connectivity index (χ3n) is 1.62. The summed E-state index contributed by atoms with van der Waals surface area (Å²) in [5.41, 5.74) is 0. The van der Waals surface area contributed by atoms with E-state index in [1.165, 1.54) is 0 Å². The third-order valence-corrected chi connectivity index (χ3v) is 1.62. The van der Waals surface area contributed by atoms with Gasteiger partial charge >= 0.3 is 0 Å². The van der Waals surface area contributed by atoms with E-state index in [4.69, 9.17) is 4.74 Å². The van der Waals surface area contributed by atoms with Gasteiger partial charge in [-0.25, -0.2) is 0 Å². The lowest BCUT2D eigenvalue weighted by atomic mass is 10.3. The number of para-hydroxylation sites is 1. The molecule has 0 spiro atoms. The summed E-state index contributed by atoms with van der Waals surface area (Å²) in [4.78, 5) is 10.8. The lowest BCUT2D eigenvalue weighted by Crippen LogP contribution is -2.20. The summed E-state index contributed by atoms with van der Waals surface area (Å²) in [5.74, 6) is 0.794. The van der Waals surface area contributed by atoms with E-state index in [9.17, 15) is 4.79 Å². The van der Waals surface area contributed by atoms with Crippen LogP contribution in [0.2, 0.25) is 0 Å². The Balaban J connectivity index is 2.24. The second-order valence-electron chi connectivity index (χ2n) is 2.58. The maximum Gasteiger partial charge on any atom is 0.223 e. The van der Waals surface area contributed by atoms with Crippen LogP contribution < -0.4 is 10.1 Å². The van der Waals surface area contributed by atoms with Gasteiger partial charge in [-0.15, -0.1) is 0 Å². The number of benzene rings is 1. The highest BCUT2D eigenvalue weighted by molar-refractivity contribution is 5.75. The van der Waals surface area contributed by atoms with Crippen LogP contribution in [0, 0.1) is 0 Å².